The van der Waals surface area contributed by atoms with Gasteiger partial charge >= 0.3 is 0 Å². The highest BCUT2D eigenvalue weighted by atomic mass is 35.5. The first-order valence-corrected chi connectivity index (χ1v) is 12.4. The van der Waals surface area contributed by atoms with Crippen LogP contribution in [-0.2, 0) is 13.0 Å². The van der Waals surface area contributed by atoms with Gasteiger partial charge in [-0.25, -0.2) is 14.5 Å². The molecule has 2 aromatic carbocycles. The Morgan fingerprint density at radius 2 is 1.92 bits per heavy atom. The van der Waals surface area contributed by atoms with E-state index in [1.54, 1.807) is 47.4 Å². The molecule has 0 bridgehead atoms. The lowest BCUT2D eigenvalue weighted by atomic mass is 10.0. The van der Waals surface area contributed by atoms with Crippen LogP contribution in [0.3, 0.4) is 0 Å². The number of aromatic amines is 1. The van der Waals surface area contributed by atoms with Gasteiger partial charge in [-0.15, -0.1) is 10.2 Å². The van der Waals surface area contributed by atoms with Gasteiger partial charge in [0.1, 0.15) is 16.7 Å². The zero-order valence-corrected chi connectivity index (χ0v) is 21.0. The molecule has 1 aliphatic heterocycles. The van der Waals surface area contributed by atoms with Crippen LogP contribution >= 0.6 is 11.6 Å². The van der Waals surface area contributed by atoms with Gasteiger partial charge in [-0.3, -0.25) is 9.59 Å². The number of hydrogen-bond donors (Lipinski definition) is 1. The van der Waals surface area contributed by atoms with Crippen molar-refractivity contribution in [3.05, 3.63) is 105 Å². The minimum absolute atomic E-state index is 0.0341. The predicted octanol–water partition coefficient (Wildman–Crippen LogP) is 4.18. The Labute approximate surface area is 220 Å². The summed E-state index contributed by atoms with van der Waals surface area (Å²) < 4.78 is 16.8. The van der Waals surface area contributed by atoms with Crippen LogP contribution in [-0.4, -0.2) is 47.3 Å². The largest absolute Gasteiger partial charge is 0.329 e. The fourth-order valence-electron chi connectivity index (χ4n) is 4.91. The van der Waals surface area contributed by atoms with E-state index in [2.05, 4.69) is 25.4 Å². The first-order chi connectivity index (χ1) is 18.4. The molecule has 6 rings (SSSR count). The first-order valence-electron chi connectivity index (χ1n) is 12.0. The predicted molar refractivity (Wildman–Crippen MR) is 139 cm³/mol. The molecule has 0 saturated heterocycles. The van der Waals surface area contributed by atoms with E-state index in [1.807, 2.05) is 23.6 Å². The summed E-state index contributed by atoms with van der Waals surface area (Å²) in [7, 11) is 0. The van der Waals surface area contributed by atoms with E-state index in [1.165, 1.54) is 6.07 Å². The number of amides is 1. The molecule has 9 nitrogen and oxygen atoms in total. The second-order valence-corrected chi connectivity index (χ2v) is 9.61. The number of benzene rings is 2. The number of fused-ring (bicyclic) bond motifs is 2. The van der Waals surface area contributed by atoms with E-state index in [9.17, 15) is 14.0 Å². The molecule has 0 aliphatic carbocycles. The number of carbonyl (C=O) groups excluding carboxylic acids is 1. The van der Waals surface area contributed by atoms with Crippen molar-refractivity contribution < 1.29 is 9.18 Å². The third kappa shape index (κ3) is 4.22. The maximum absolute atomic E-state index is 14.9. The molecule has 1 amide bonds. The van der Waals surface area contributed by atoms with Gasteiger partial charge < -0.3 is 9.47 Å². The lowest BCUT2D eigenvalue weighted by molar-refractivity contribution is 0.0677. The van der Waals surface area contributed by atoms with Gasteiger partial charge in [-0.05, 0) is 42.8 Å². The molecule has 1 unspecified atom stereocenters. The van der Waals surface area contributed by atoms with Gasteiger partial charge in [0.2, 0.25) is 0 Å². The fourth-order valence-corrected chi connectivity index (χ4v) is 5.07. The summed E-state index contributed by atoms with van der Waals surface area (Å²) >= 11 is 6.05. The van der Waals surface area contributed by atoms with E-state index in [0.717, 1.165) is 0 Å². The Kier molecular flexibility index (Phi) is 5.96. The highest BCUT2D eigenvalue weighted by molar-refractivity contribution is 6.29. The average molecular weight is 530 g/mol. The van der Waals surface area contributed by atoms with Crippen molar-refractivity contribution in [1.82, 2.24) is 34.8 Å². The minimum atomic E-state index is -0.610. The van der Waals surface area contributed by atoms with Crippen molar-refractivity contribution in [3.63, 3.8) is 0 Å². The molecule has 0 saturated carbocycles. The van der Waals surface area contributed by atoms with E-state index in [4.69, 9.17) is 11.6 Å². The number of carbonyl (C=O) groups is 1. The lowest BCUT2D eigenvalue weighted by Crippen LogP contribution is -2.41. The lowest BCUT2D eigenvalue weighted by Gasteiger charge is -2.32. The molecule has 4 heterocycles. The van der Waals surface area contributed by atoms with Gasteiger partial charge in [0.15, 0.2) is 11.6 Å². The third-order valence-electron chi connectivity index (χ3n) is 6.66. The van der Waals surface area contributed by atoms with E-state index >= 15 is 0 Å². The number of pyridine rings is 1. The summed E-state index contributed by atoms with van der Waals surface area (Å²) in [5, 5.41) is 16.9. The average Bonchev–Trinajstić information content (AvgIpc) is 3.36. The number of nitrogens with zero attached hydrogens (tertiary/aromatic N) is 6. The highest BCUT2D eigenvalue weighted by Gasteiger charge is 2.31. The second kappa shape index (κ2) is 9.46. The molecular weight excluding hydrogens is 509 g/mol. The number of hydrogen-bond acceptors (Lipinski definition) is 6. The number of nitrogens with one attached hydrogen (secondary N) is 1. The first kappa shape index (κ1) is 23.9. The van der Waals surface area contributed by atoms with Crippen LogP contribution in [0.1, 0.15) is 40.4 Å². The normalized spacial score (nSPS) is 15.0. The standard InChI is InChI=1S/C27H21ClFN7O2/c1-15-13-35(14-24-32-33-25(36(15)24)21-7-4-8-23(28)30-21)27(38)19-11-16(9-10-20(19)29)12-22-17-5-2-3-6-18(17)26(37)34-31-22/h2-11,15H,12-14H2,1H3,(H,34,37). The Balaban J connectivity index is 1.28. The molecule has 1 atom stereocenters. The van der Waals surface area contributed by atoms with Crippen molar-refractivity contribution >= 4 is 28.3 Å². The summed E-state index contributed by atoms with van der Waals surface area (Å²) in [5.74, 6) is 0.0963. The number of halogens is 2. The van der Waals surface area contributed by atoms with Gasteiger partial charge in [-0.2, -0.15) is 5.10 Å². The molecule has 5 aromatic rings. The van der Waals surface area contributed by atoms with Crippen LogP contribution in [0.2, 0.25) is 5.15 Å². The van der Waals surface area contributed by atoms with Crippen LogP contribution in [0.5, 0.6) is 0 Å². The van der Waals surface area contributed by atoms with E-state index in [0.29, 0.717) is 57.5 Å². The molecule has 3 aromatic heterocycles. The van der Waals surface area contributed by atoms with Gasteiger partial charge in [-0.1, -0.05) is 41.9 Å². The number of rotatable bonds is 4. The summed E-state index contributed by atoms with van der Waals surface area (Å²) in [4.78, 5) is 31.5. The van der Waals surface area contributed by atoms with Crippen LogP contribution < -0.4 is 5.56 Å². The monoisotopic (exact) mass is 529 g/mol. The molecule has 1 N–H and O–H groups in total. The van der Waals surface area contributed by atoms with E-state index < -0.39 is 11.7 Å². The van der Waals surface area contributed by atoms with Gasteiger partial charge in [0, 0.05) is 18.4 Å². The maximum Gasteiger partial charge on any atom is 0.272 e. The Morgan fingerprint density at radius 1 is 1.11 bits per heavy atom. The van der Waals surface area contributed by atoms with Crippen LogP contribution in [0, 0.1) is 5.82 Å². The van der Waals surface area contributed by atoms with E-state index in [-0.39, 0.29) is 23.7 Å². The quantitative estimate of drug-likeness (QED) is 0.350. The van der Waals surface area contributed by atoms with Crippen LogP contribution in [0.15, 0.2) is 65.5 Å². The van der Waals surface area contributed by atoms with Gasteiger partial charge in [0.25, 0.3) is 11.5 Å². The summed E-state index contributed by atoms with van der Waals surface area (Å²) in [6, 6.07) is 16.7. The minimum Gasteiger partial charge on any atom is -0.329 e. The topological polar surface area (TPSA) is 110 Å². The highest BCUT2D eigenvalue weighted by Crippen LogP contribution is 2.29. The Bertz CT molecular complexity index is 1770. The maximum atomic E-state index is 14.9. The summed E-state index contributed by atoms with van der Waals surface area (Å²) in [6.45, 7) is 2.46. The summed E-state index contributed by atoms with van der Waals surface area (Å²) in [5.41, 5.74) is 1.60. The van der Waals surface area contributed by atoms with Crippen molar-refractivity contribution in [1.29, 1.82) is 0 Å². The number of H-pyrrole nitrogens is 1. The van der Waals surface area contributed by atoms with Crippen molar-refractivity contribution in [2.75, 3.05) is 6.54 Å². The van der Waals surface area contributed by atoms with Crippen LogP contribution in [0.25, 0.3) is 22.3 Å². The zero-order valence-electron chi connectivity index (χ0n) is 20.2. The molecular formula is C27H21ClFN7O2. The molecule has 11 heteroatoms. The second-order valence-electron chi connectivity index (χ2n) is 9.23. The van der Waals surface area contributed by atoms with Crippen LogP contribution in [0.4, 0.5) is 4.39 Å². The SMILES string of the molecule is CC1CN(C(=O)c2cc(Cc3n[nH]c(=O)c4ccccc34)ccc2F)Cc2nnc(-c3cccc(Cl)n3)n21. The zero-order chi connectivity index (χ0) is 26.4. The molecule has 0 spiro atoms. The molecule has 0 fully saturated rings. The molecule has 1 aliphatic rings. The number of aromatic nitrogens is 6. The Morgan fingerprint density at radius 3 is 2.74 bits per heavy atom. The van der Waals surface area contributed by atoms with Crippen molar-refractivity contribution in [2.45, 2.75) is 25.9 Å². The third-order valence-corrected chi connectivity index (χ3v) is 6.87. The fraction of sp³-hybridized carbons (Fsp3) is 0.185. The smallest absolute Gasteiger partial charge is 0.272 e. The Hall–Kier alpha value is -4.44. The summed E-state index contributed by atoms with van der Waals surface area (Å²) in [6.07, 6.45) is 0.318. The molecule has 190 valence electrons. The molecule has 38 heavy (non-hydrogen) atoms. The van der Waals surface area contributed by atoms with Gasteiger partial charge in [0.05, 0.1) is 29.2 Å². The van der Waals surface area contributed by atoms with Crippen molar-refractivity contribution in [2.24, 2.45) is 0 Å². The molecule has 0 radical (unpaired) electrons. The van der Waals surface area contributed by atoms with Crippen molar-refractivity contribution in [3.8, 4) is 11.5 Å².